The van der Waals surface area contributed by atoms with Crippen LogP contribution in [0.15, 0.2) is 28.1 Å². The minimum Gasteiger partial charge on any atom is -0.371 e. The van der Waals surface area contributed by atoms with E-state index in [1.807, 2.05) is 6.07 Å². The Balaban J connectivity index is 2.45. The minimum atomic E-state index is -3.48. The number of benzene rings is 1. The summed E-state index contributed by atoms with van der Waals surface area (Å²) in [5.74, 6) is 0. The van der Waals surface area contributed by atoms with Gasteiger partial charge >= 0.3 is 0 Å². The predicted octanol–water partition coefficient (Wildman–Crippen LogP) is 3.22. The van der Waals surface area contributed by atoms with Crippen molar-refractivity contribution >= 4 is 27.3 Å². The van der Waals surface area contributed by atoms with Gasteiger partial charge in [-0.3, -0.25) is 0 Å². The molecular weight excluding hydrogens is 300 g/mol. The lowest BCUT2D eigenvalue weighted by Gasteiger charge is -2.23. The first-order valence-electron chi connectivity index (χ1n) is 7.67. The number of rotatable bonds is 4. The highest BCUT2D eigenvalue weighted by Gasteiger charge is 2.24. The third-order valence-corrected chi connectivity index (χ3v) is 6.21. The SMILES string of the molecule is CC(C)S(=O)(=O)c1ccc(N2CCCCCC2)cc1N=C=O. The van der Waals surface area contributed by atoms with Crippen LogP contribution < -0.4 is 4.90 Å². The van der Waals surface area contributed by atoms with Crippen molar-refractivity contribution in [1.82, 2.24) is 0 Å². The molecule has 0 radical (unpaired) electrons. The molecule has 0 bridgehead atoms. The van der Waals surface area contributed by atoms with Gasteiger partial charge in [0.1, 0.15) is 0 Å². The van der Waals surface area contributed by atoms with Gasteiger partial charge in [-0.15, -0.1) is 0 Å². The molecule has 2 rings (SSSR count). The Hall–Kier alpha value is -1.65. The number of hydrogen-bond acceptors (Lipinski definition) is 5. The van der Waals surface area contributed by atoms with Crippen LogP contribution in [-0.2, 0) is 14.6 Å². The lowest BCUT2D eigenvalue weighted by atomic mass is 10.2. The third-order valence-electron chi connectivity index (χ3n) is 4.01. The van der Waals surface area contributed by atoms with Crippen molar-refractivity contribution in [1.29, 1.82) is 0 Å². The largest absolute Gasteiger partial charge is 0.371 e. The highest BCUT2D eigenvalue weighted by atomic mass is 32.2. The van der Waals surface area contributed by atoms with Crippen molar-refractivity contribution in [3.8, 4) is 0 Å². The molecule has 0 N–H and O–H groups in total. The summed E-state index contributed by atoms with van der Waals surface area (Å²) in [5.41, 5.74) is 1.10. The molecule has 1 aliphatic rings. The van der Waals surface area contributed by atoms with Gasteiger partial charge in [0.05, 0.1) is 15.8 Å². The van der Waals surface area contributed by atoms with Crippen molar-refractivity contribution in [2.24, 2.45) is 4.99 Å². The van der Waals surface area contributed by atoms with Crippen LogP contribution in [0.2, 0.25) is 0 Å². The van der Waals surface area contributed by atoms with Crippen molar-refractivity contribution in [3.05, 3.63) is 18.2 Å². The topological polar surface area (TPSA) is 66.8 Å². The monoisotopic (exact) mass is 322 g/mol. The molecule has 0 aromatic heterocycles. The Morgan fingerprint density at radius 1 is 1.14 bits per heavy atom. The second kappa shape index (κ2) is 7.07. The zero-order valence-electron chi connectivity index (χ0n) is 13.1. The van der Waals surface area contributed by atoms with E-state index in [1.54, 1.807) is 26.0 Å². The van der Waals surface area contributed by atoms with E-state index in [4.69, 9.17) is 0 Å². The van der Waals surface area contributed by atoms with Gasteiger partial charge in [0, 0.05) is 18.8 Å². The maximum atomic E-state index is 12.4. The molecule has 5 nitrogen and oxygen atoms in total. The van der Waals surface area contributed by atoms with Crippen LogP contribution in [0.3, 0.4) is 0 Å². The second-order valence-corrected chi connectivity index (χ2v) is 8.32. The fraction of sp³-hybridized carbons (Fsp3) is 0.562. The van der Waals surface area contributed by atoms with E-state index in [0.717, 1.165) is 31.6 Å². The molecule has 120 valence electrons. The molecule has 1 heterocycles. The first-order valence-corrected chi connectivity index (χ1v) is 9.22. The van der Waals surface area contributed by atoms with Gasteiger partial charge in [0.2, 0.25) is 6.08 Å². The maximum absolute atomic E-state index is 12.4. The van der Waals surface area contributed by atoms with Gasteiger partial charge in [-0.25, -0.2) is 13.2 Å². The smallest absolute Gasteiger partial charge is 0.240 e. The lowest BCUT2D eigenvalue weighted by Crippen LogP contribution is -2.24. The molecule has 0 atom stereocenters. The normalized spacial score (nSPS) is 16.2. The summed E-state index contributed by atoms with van der Waals surface area (Å²) in [5, 5.41) is -0.558. The summed E-state index contributed by atoms with van der Waals surface area (Å²) >= 11 is 0. The fourth-order valence-corrected chi connectivity index (χ4v) is 3.82. The summed E-state index contributed by atoms with van der Waals surface area (Å²) < 4.78 is 24.7. The van der Waals surface area contributed by atoms with Crippen molar-refractivity contribution in [3.63, 3.8) is 0 Å². The number of aliphatic imine (C=N–C) groups is 1. The Morgan fingerprint density at radius 3 is 2.32 bits per heavy atom. The van der Waals surface area contributed by atoms with Crippen LogP contribution in [0, 0.1) is 0 Å². The summed E-state index contributed by atoms with van der Waals surface area (Å²) in [6.07, 6.45) is 6.15. The van der Waals surface area contributed by atoms with Crippen LogP contribution in [-0.4, -0.2) is 32.8 Å². The number of hydrogen-bond donors (Lipinski definition) is 0. The van der Waals surface area contributed by atoms with Crippen LogP contribution in [0.25, 0.3) is 0 Å². The molecular formula is C16H22N2O3S. The summed E-state index contributed by atoms with van der Waals surface area (Å²) in [4.78, 5) is 16.6. The Morgan fingerprint density at radius 2 is 1.77 bits per heavy atom. The van der Waals surface area contributed by atoms with Crippen LogP contribution in [0.1, 0.15) is 39.5 Å². The molecule has 0 aliphatic carbocycles. The average Bonchev–Trinajstić information content (AvgIpc) is 2.76. The zero-order valence-corrected chi connectivity index (χ0v) is 13.9. The lowest BCUT2D eigenvalue weighted by molar-refractivity contribution is 0.565. The van der Waals surface area contributed by atoms with E-state index < -0.39 is 15.1 Å². The summed E-state index contributed by atoms with van der Waals surface area (Å²) in [6.45, 7) is 5.12. The minimum absolute atomic E-state index is 0.101. The highest BCUT2D eigenvalue weighted by Crippen LogP contribution is 2.32. The van der Waals surface area contributed by atoms with E-state index in [2.05, 4.69) is 9.89 Å². The van der Waals surface area contributed by atoms with E-state index in [1.165, 1.54) is 18.9 Å². The quantitative estimate of drug-likeness (QED) is 0.630. The molecule has 0 spiro atoms. The van der Waals surface area contributed by atoms with Gasteiger partial charge < -0.3 is 4.90 Å². The van der Waals surface area contributed by atoms with E-state index in [0.29, 0.717) is 0 Å². The van der Waals surface area contributed by atoms with E-state index in [9.17, 15) is 13.2 Å². The van der Waals surface area contributed by atoms with Crippen LogP contribution in [0.5, 0.6) is 0 Å². The van der Waals surface area contributed by atoms with Gasteiger partial charge in [-0.1, -0.05) is 12.8 Å². The van der Waals surface area contributed by atoms with Crippen LogP contribution >= 0.6 is 0 Å². The number of anilines is 1. The van der Waals surface area contributed by atoms with Gasteiger partial charge in [0.25, 0.3) is 0 Å². The molecule has 1 aromatic carbocycles. The van der Waals surface area contributed by atoms with Crippen molar-refractivity contribution in [2.75, 3.05) is 18.0 Å². The number of isocyanates is 1. The number of nitrogens with zero attached hydrogens (tertiary/aromatic N) is 2. The zero-order chi connectivity index (χ0) is 16.2. The predicted molar refractivity (Wildman–Crippen MR) is 87.2 cm³/mol. The van der Waals surface area contributed by atoms with E-state index >= 15 is 0 Å². The first kappa shape index (κ1) is 16.7. The van der Waals surface area contributed by atoms with Gasteiger partial charge in [0.15, 0.2) is 9.84 Å². The van der Waals surface area contributed by atoms with Crippen molar-refractivity contribution < 1.29 is 13.2 Å². The highest BCUT2D eigenvalue weighted by molar-refractivity contribution is 7.92. The van der Waals surface area contributed by atoms with Crippen LogP contribution in [0.4, 0.5) is 11.4 Å². The van der Waals surface area contributed by atoms with Gasteiger partial charge in [-0.05, 0) is 44.9 Å². The first-order chi connectivity index (χ1) is 10.5. The molecule has 0 saturated carbocycles. The standard InChI is InChI=1S/C16H22N2O3S/c1-13(2)22(20,21)16-8-7-14(11-15(16)17-12-19)18-9-5-3-4-6-10-18/h7-8,11,13H,3-6,9-10H2,1-2H3. The number of sulfone groups is 1. The molecule has 1 aliphatic heterocycles. The Bertz CT molecular complexity index is 669. The fourth-order valence-electron chi connectivity index (χ4n) is 2.66. The molecule has 0 unspecified atom stereocenters. The van der Waals surface area contributed by atoms with E-state index in [-0.39, 0.29) is 10.6 Å². The third kappa shape index (κ3) is 3.57. The summed E-state index contributed by atoms with van der Waals surface area (Å²) in [6, 6.07) is 5.06. The second-order valence-electron chi connectivity index (χ2n) is 5.85. The Labute approximate surface area is 132 Å². The molecule has 1 aromatic rings. The molecule has 22 heavy (non-hydrogen) atoms. The molecule has 0 amide bonds. The van der Waals surface area contributed by atoms with Crippen molar-refractivity contribution in [2.45, 2.75) is 49.7 Å². The molecule has 6 heteroatoms. The molecule has 1 saturated heterocycles. The average molecular weight is 322 g/mol. The summed E-state index contributed by atoms with van der Waals surface area (Å²) in [7, 11) is -3.48. The maximum Gasteiger partial charge on any atom is 0.240 e. The number of carbonyl (C=O) groups excluding carboxylic acids is 1. The molecule has 1 fully saturated rings. The van der Waals surface area contributed by atoms with Gasteiger partial charge in [-0.2, -0.15) is 4.99 Å². The Kier molecular flexibility index (Phi) is 5.37.